The van der Waals surface area contributed by atoms with Crippen LogP contribution in [0.4, 0.5) is 17.6 Å². The second kappa shape index (κ2) is 46.2. The number of nitriles is 2. The maximum Gasteiger partial charge on any atom is 0.238 e. The quantitative estimate of drug-likeness (QED) is 0.0263. The van der Waals surface area contributed by atoms with Crippen LogP contribution in [0.15, 0.2) is 226 Å². The molecule has 14 rings (SSSR count). The van der Waals surface area contributed by atoms with Crippen molar-refractivity contribution in [3.8, 4) is 34.9 Å². The molecule has 1 aliphatic carbocycles. The molecule has 8 N–H and O–H groups in total. The number of aryl methyl sites for hydroxylation is 4. The third kappa shape index (κ3) is 29.7. The van der Waals surface area contributed by atoms with Crippen LogP contribution in [0.3, 0.4) is 0 Å². The monoisotopic (exact) mass is 1930 g/mol. The average molecular weight is 1940 g/mol. The Morgan fingerprint density at radius 1 is 0.449 bits per heavy atom. The van der Waals surface area contributed by atoms with Crippen molar-refractivity contribution in [2.75, 3.05) is 46.9 Å². The van der Waals surface area contributed by atoms with Crippen molar-refractivity contribution in [1.29, 1.82) is 10.5 Å². The lowest BCUT2D eigenvalue weighted by atomic mass is 10.0. The Labute approximate surface area is 794 Å². The number of aromatic nitrogens is 10. The van der Waals surface area contributed by atoms with Crippen LogP contribution >= 0.6 is 0 Å². The van der Waals surface area contributed by atoms with Gasteiger partial charge in [-0.05, 0) is 214 Å². The average Bonchev–Trinajstić information content (AvgIpc) is 1.63. The molecule has 1 aliphatic rings. The SMILES string of the molecule is CCCN(CCOC)Cc1cc(Cc2cccc(C)c2)n(-c2ccc(S(N)(=O)=O)cc2F)n1.Cc1cccc(Cc2cc(CN(C)Cc3cnn(C(C)C)c3)nn2-c2ccc(S(N)(=O)=O)cc2F)c1.Cc1cccc(Cc2cc(CN(CCC#N)C(C)(C)C)nn2-c2ccc(S(N)(=O)=O)cc2F)c1.Cc1cccc(Cc2cc(CN(CCC#N)C3CC3)nn2-c2ccc(S(N)(=O)=O)cc2F)c1. The topological polar surface area (TPSA) is 400 Å². The molecular formula is C99H118F4N20O9S4. The van der Waals surface area contributed by atoms with E-state index in [0.29, 0.717) is 103 Å². The normalized spacial score (nSPS) is 12.5. The molecule has 5 heterocycles. The Morgan fingerprint density at radius 3 is 1.08 bits per heavy atom. The first kappa shape index (κ1) is 104. The van der Waals surface area contributed by atoms with Crippen LogP contribution in [0.25, 0.3) is 22.7 Å². The number of ether oxygens (including phenoxy) is 1. The van der Waals surface area contributed by atoms with E-state index >= 15 is 13.2 Å². The molecule has 720 valence electrons. The molecule has 0 amide bonds. The van der Waals surface area contributed by atoms with Gasteiger partial charge in [0.2, 0.25) is 40.1 Å². The number of hydrogen-bond acceptors (Lipinski definition) is 20. The summed E-state index contributed by atoms with van der Waals surface area (Å²) in [7, 11) is -12.4. The van der Waals surface area contributed by atoms with E-state index in [0.717, 1.165) is 152 Å². The lowest BCUT2D eigenvalue weighted by Crippen LogP contribution is -2.41. The molecule has 0 atom stereocenters. The predicted molar refractivity (Wildman–Crippen MR) is 515 cm³/mol. The number of methoxy groups -OCH3 is 1. The first-order valence-corrected chi connectivity index (χ1v) is 50.5. The lowest BCUT2D eigenvalue weighted by molar-refractivity contribution is 0.129. The second-order valence-corrected chi connectivity index (χ2v) is 41.7. The van der Waals surface area contributed by atoms with Crippen LogP contribution in [0, 0.1) is 73.6 Å². The van der Waals surface area contributed by atoms with Crippen LogP contribution in [-0.4, -0.2) is 161 Å². The van der Waals surface area contributed by atoms with E-state index in [2.05, 4.69) is 113 Å². The van der Waals surface area contributed by atoms with Crippen molar-refractivity contribution in [3.05, 3.63) is 325 Å². The van der Waals surface area contributed by atoms with Gasteiger partial charge in [0.25, 0.3) is 0 Å². The molecule has 0 saturated heterocycles. The Hall–Kier alpha value is -12.1. The maximum atomic E-state index is 15.1. The van der Waals surface area contributed by atoms with Gasteiger partial charge in [0.05, 0.1) is 67.3 Å². The van der Waals surface area contributed by atoms with Crippen molar-refractivity contribution in [1.82, 2.24) is 68.5 Å². The van der Waals surface area contributed by atoms with Gasteiger partial charge in [0, 0.05) is 150 Å². The summed E-state index contributed by atoms with van der Waals surface area (Å²) in [5, 5.41) is 61.8. The first-order chi connectivity index (χ1) is 64.3. The zero-order valence-electron chi connectivity index (χ0n) is 78.5. The Balaban J connectivity index is 0.000000174. The highest BCUT2D eigenvalue weighted by Gasteiger charge is 2.31. The number of sulfonamides is 4. The number of halogens is 4. The molecule has 8 aromatic carbocycles. The number of nitrogens with two attached hydrogens (primary N) is 4. The molecule has 1 saturated carbocycles. The van der Waals surface area contributed by atoms with Gasteiger partial charge >= 0.3 is 0 Å². The maximum absolute atomic E-state index is 15.1. The van der Waals surface area contributed by atoms with E-state index in [1.54, 1.807) is 16.5 Å². The fraction of sp³-hybridized carbons (Fsp3) is 0.343. The summed E-state index contributed by atoms with van der Waals surface area (Å²) in [5.41, 5.74) is 16.5. The number of hydrogen-bond donors (Lipinski definition) is 4. The summed E-state index contributed by atoms with van der Waals surface area (Å²) in [4.78, 5) is 7.62. The summed E-state index contributed by atoms with van der Waals surface area (Å²) in [6.45, 7) is 26.9. The van der Waals surface area contributed by atoms with Crippen LogP contribution in [0.5, 0.6) is 0 Å². The Kier molecular flexibility index (Phi) is 35.5. The minimum atomic E-state index is -4.03. The van der Waals surface area contributed by atoms with Crippen molar-refractivity contribution >= 4 is 40.1 Å². The van der Waals surface area contributed by atoms with Crippen LogP contribution in [-0.2, 0) is 103 Å². The minimum Gasteiger partial charge on any atom is -0.383 e. The first-order valence-electron chi connectivity index (χ1n) is 44.3. The second-order valence-electron chi connectivity index (χ2n) is 35.4. The van der Waals surface area contributed by atoms with Gasteiger partial charge in [-0.25, -0.2) is 90.5 Å². The highest BCUT2D eigenvalue weighted by molar-refractivity contribution is 7.90. The molecule has 29 nitrogen and oxygen atoms in total. The summed E-state index contributed by atoms with van der Waals surface area (Å²) >= 11 is 0. The number of rotatable bonds is 37. The molecule has 0 aliphatic heterocycles. The van der Waals surface area contributed by atoms with Gasteiger partial charge in [-0.2, -0.15) is 36.0 Å². The van der Waals surface area contributed by atoms with Crippen LogP contribution in [0.1, 0.15) is 175 Å². The fourth-order valence-electron chi connectivity index (χ4n) is 15.7. The molecule has 37 heteroatoms. The fourth-order valence-corrected chi connectivity index (χ4v) is 17.8. The summed E-state index contributed by atoms with van der Waals surface area (Å²) in [6.07, 6.45) is 10.1. The Bertz CT molecular complexity index is 6930. The third-order valence-electron chi connectivity index (χ3n) is 22.4. The number of benzene rings is 8. The van der Waals surface area contributed by atoms with E-state index in [1.807, 2.05) is 149 Å². The number of primary sulfonamides is 4. The van der Waals surface area contributed by atoms with Gasteiger partial charge in [-0.15, -0.1) is 0 Å². The molecule has 136 heavy (non-hydrogen) atoms. The summed E-state index contributed by atoms with van der Waals surface area (Å²) in [5.74, 6) is -2.86. The van der Waals surface area contributed by atoms with E-state index in [-0.39, 0.29) is 47.9 Å². The van der Waals surface area contributed by atoms with Gasteiger partial charge in [-0.1, -0.05) is 126 Å². The van der Waals surface area contributed by atoms with Gasteiger partial charge in [0.15, 0.2) is 0 Å². The van der Waals surface area contributed by atoms with E-state index in [4.69, 9.17) is 46.0 Å². The molecule has 5 aromatic heterocycles. The predicted octanol–water partition coefficient (Wildman–Crippen LogP) is 14.9. The van der Waals surface area contributed by atoms with E-state index in [1.165, 1.54) is 57.9 Å². The molecule has 0 spiro atoms. The van der Waals surface area contributed by atoms with Gasteiger partial charge < -0.3 is 4.74 Å². The summed E-state index contributed by atoms with van der Waals surface area (Å²) in [6, 6.07) is 59.7. The number of nitrogens with zero attached hydrogens (tertiary/aromatic N) is 16. The van der Waals surface area contributed by atoms with Crippen molar-refractivity contribution in [3.63, 3.8) is 0 Å². The van der Waals surface area contributed by atoms with Crippen molar-refractivity contribution in [2.45, 2.75) is 197 Å². The molecule has 13 aromatic rings. The van der Waals surface area contributed by atoms with Crippen LogP contribution < -0.4 is 20.6 Å². The van der Waals surface area contributed by atoms with E-state index in [9.17, 15) is 38.1 Å². The van der Waals surface area contributed by atoms with Crippen LogP contribution in [0.2, 0.25) is 0 Å². The Morgan fingerprint density at radius 2 is 0.787 bits per heavy atom. The van der Waals surface area contributed by atoms with E-state index < -0.39 is 63.4 Å². The molecule has 0 bridgehead atoms. The minimum absolute atomic E-state index is 0.139. The van der Waals surface area contributed by atoms with Crippen molar-refractivity contribution in [2.24, 2.45) is 20.6 Å². The zero-order chi connectivity index (χ0) is 98.7. The van der Waals surface area contributed by atoms with Gasteiger partial charge in [0.1, 0.15) is 46.0 Å². The highest BCUT2D eigenvalue weighted by Crippen LogP contribution is 2.33. The van der Waals surface area contributed by atoms with Gasteiger partial charge in [-0.3, -0.25) is 24.3 Å². The highest BCUT2D eigenvalue weighted by atomic mass is 32.2. The standard InChI is InChI=1S/C26H31FN6O2S.C25H30FN5O2S.C24H26FN5O2S.C24H31FN4O3S/c1-18(2)32-16-21(14-29-32)15-31(4)17-22-12-23(11-20-7-5-6-19(3)10-20)33(30-22)26-9-8-24(13-25(26)27)36(28,34)35;1-18-7-5-8-19(13-18)14-21-15-20(17-30(12-6-11-27)25(2,3)4)29-31(21)24-10-9-22(16-23(24)26)34(28,32)33;1-17-4-2-5-18(12-17)13-21-14-19(16-29(11-3-10-26)20-6-7-20)28-30(21)24-9-8-22(15-23(24)25)33(27,31)32;1-4-10-28(11-12-32-3)17-20-15-21(14-19-7-5-6-18(2)13-19)29(27-20)24-9-8-22(16-23(24)25)33(26,30)31/h5-10,12-14,16,18H,11,15,17H2,1-4H3,(H2,28,34,35);5,7-10,13,15-16H,6,12,14,17H2,1-4H3,(H2,28,32,33);2,4-5,8-9,12,14-15,20H,3,6-7,11,13,16H2,1H3,(H2,27,31,32);5-9,13,15-16H,4,10-12,14,17H2,1-3H3,(H2,26,30,31). The molecular weight excluding hydrogens is 1820 g/mol. The molecule has 0 radical (unpaired) electrons. The molecule has 1 fully saturated rings. The largest absolute Gasteiger partial charge is 0.383 e. The smallest absolute Gasteiger partial charge is 0.238 e. The third-order valence-corrected chi connectivity index (χ3v) is 26.1. The zero-order valence-corrected chi connectivity index (χ0v) is 81.8. The molecule has 0 unspecified atom stereocenters. The van der Waals surface area contributed by atoms with Crippen molar-refractivity contribution < 1.29 is 56.0 Å². The lowest BCUT2D eigenvalue weighted by Gasteiger charge is -2.34. The summed E-state index contributed by atoms with van der Waals surface area (Å²) < 4.78 is 167.